The van der Waals surface area contributed by atoms with Crippen molar-refractivity contribution in [3.8, 4) is 0 Å². The van der Waals surface area contributed by atoms with Gasteiger partial charge in [0.15, 0.2) is 0 Å². The minimum atomic E-state index is -0.877. The first-order chi connectivity index (χ1) is 6.00. The van der Waals surface area contributed by atoms with Crippen molar-refractivity contribution in [2.24, 2.45) is 0 Å². The largest absolute Gasteiger partial charge is 0.478 e. The summed E-state index contributed by atoms with van der Waals surface area (Å²) in [6.07, 6.45) is 1.67. The van der Waals surface area contributed by atoms with Gasteiger partial charge in [-0.15, -0.1) is 0 Å². The Morgan fingerprint density at radius 3 is 2.54 bits per heavy atom. The second-order valence-corrected chi connectivity index (χ2v) is 3.17. The summed E-state index contributed by atoms with van der Waals surface area (Å²) in [5.41, 5.74) is 3.33. The quantitative estimate of drug-likeness (QED) is 0.683. The number of aryl methyl sites for hydroxylation is 2. The number of nitrogens with one attached hydrogen (secondary N) is 1. The normalized spacial score (nSPS) is 11.8. The van der Waals surface area contributed by atoms with Gasteiger partial charge in [0, 0.05) is 17.0 Å². The van der Waals surface area contributed by atoms with E-state index < -0.39 is 5.97 Å². The molecule has 1 aromatic heterocycles. The number of carboxylic acids is 1. The van der Waals surface area contributed by atoms with Crippen molar-refractivity contribution in [3.05, 3.63) is 28.6 Å². The third-order valence-corrected chi connectivity index (χ3v) is 1.90. The third kappa shape index (κ3) is 2.21. The van der Waals surface area contributed by atoms with Crippen molar-refractivity contribution >= 4 is 12.0 Å². The van der Waals surface area contributed by atoms with Crippen LogP contribution in [0.5, 0.6) is 0 Å². The molecule has 0 saturated heterocycles. The van der Waals surface area contributed by atoms with Crippen molar-refractivity contribution in [3.63, 3.8) is 0 Å². The molecule has 0 unspecified atom stereocenters. The highest BCUT2D eigenvalue weighted by Gasteiger charge is 2.03. The smallest absolute Gasteiger partial charge is 0.331 e. The molecule has 1 aromatic rings. The van der Waals surface area contributed by atoms with Crippen LogP contribution in [-0.4, -0.2) is 16.1 Å². The highest BCUT2D eigenvalue weighted by Crippen LogP contribution is 2.13. The predicted octanol–water partition coefficient (Wildman–Crippen LogP) is 2.12. The molecular weight excluding hydrogens is 166 g/mol. The van der Waals surface area contributed by atoms with Crippen LogP contribution in [0.15, 0.2) is 11.6 Å². The lowest BCUT2D eigenvalue weighted by Crippen LogP contribution is -1.95. The monoisotopic (exact) mass is 179 g/mol. The number of hydrogen-bond acceptors (Lipinski definition) is 1. The molecular formula is C10H13NO2. The van der Waals surface area contributed by atoms with E-state index in [9.17, 15) is 4.79 Å². The molecule has 0 fully saturated rings. The minimum Gasteiger partial charge on any atom is -0.478 e. The molecule has 1 rings (SSSR count). The molecule has 0 saturated carbocycles. The summed E-state index contributed by atoms with van der Waals surface area (Å²) in [6.45, 7) is 5.46. The van der Waals surface area contributed by atoms with E-state index in [1.807, 2.05) is 19.9 Å². The summed E-state index contributed by atoms with van der Waals surface area (Å²) >= 11 is 0. The molecule has 0 radical (unpaired) electrons. The molecule has 0 aromatic carbocycles. The van der Waals surface area contributed by atoms with E-state index in [4.69, 9.17) is 5.11 Å². The Morgan fingerprint density at radius 1 is 1.54 bits per heavy atom. The molecule has 13 heavy (non-hydrogen) atoms. The number of H-pyrrole nitrogens is 1. The van der Waals surface area contributed by atoms with Crippen molar-refractivity contribution in [2.45, 2.75) is 20.8 Å². The first-order valence-electron chi connectivity index (χ1n) is 4.08. The van der Waals surface area contributed by atoms with Gasteiger partial charge in [-0.2, -0.15) is 0 Å². The van der Waals surface area contributed by atoms with E-state index >= 15 is 0 Å². The number of carbonyl (C=O) groups is 1. The number of aromatic nitrogens is 1. The van der Waals surface area contributed by atoms with Crippen LogP contribution in [0.3, 0.4) is 0 Å². The maximum absolute atomic E-state index is 10.5. The fourth-order valence-electron chi connectivity index (χ4n) is 1.19. The Labute approximate surface area is 77.1 Å². The van der Waals surface area contributed by atoms with Crippen LogP contribution in [0.4, 0.5) is 0 Å². The van der Waals surface area contributed by atoms with Gasteiger partial charge in [0.05, 0.1) is 0 Å². The fraction of sp³-hybridized carbons (Fsp3) is 0.300. The number of carboxylic acid groups (broad SMARTS) is 1. The summed E-state index contributed by atoms with van der Waals surface area (Å²) in [7, 11) is 0. The Kier molecular flexibility index (Phi) is 2.56. The van der Waals surface area contributed by atoms with Gasteiger partial charge in [-0.25, -0.2) is 4.79 Å². The van der Waals surface area contributed by atoms with Crippen LogP contribution in [0.25, 0.3) is 6.08 Å². The molecule has 0 spiro atoms. The van der Waals surface area contributed by atoms with Gasteiger partial charge in [0.1, 0.15) is 0 Å². The third-order valence-electron chi connectivity index (χ3n) is 1.90. The zero-order chi connectivity index (χ0) is 10.0. The zero-order valence-electron chi connectivity index (χ0n) is 8.01. The van der Waals surface area contributed by atoms with Crippen LogP contribution < -0.4 is 0 Å². The lowest BCUT2D eigenvalue weighted by atomic mass is 10.1. The predicted molar refractivity (Wildman–Crippen MR) is 51.6 cm³/mol. The van der Waals surface area contributed by atoms with Gasteiger partial charge in [0.2, 0.25) is 0 Å². The SMILES string of the molecule is C/C(=C/c1cc(C)[nH]c1C)C(=O)O. The second kappa shape index (κ2) is 3.47. The van der Waals surface area contributed by atoms with Crippen LogP contribution in [0.2, 0.25) is 0 Å². The Morgan fingerprint density at radius 2 is 2.15 bits per heavy atom. The summed E-state index contributed by atoms with van der Waals surface area (Å²) in [5, 5.41) is 8.66. The number of hydrogen-bond donors (Lipinski definition) is 2. The molecule has 3 nitrogen and oxygen atoms in total. The van der Waals surface area contributed by atoms with E-state index in [0.29, 0.717) is 5.57 Å². The van der Waals surface area contributed by atoms with E-state index in [2.05, 4.69) is 4.98 Å². The Hall–Kier alpha value is -1.51. The molecule has 0 aliphatic heterocycles. The Balaban J connectivity index is 3.03. The van der Waals surface area contributed by atoms with Gasteiger partial charge < -0.3 is 10.1 Å². The average molecular weight is 179 g/mol. The van der Waals surface area contributed by atoms with Crippen molar-refractivity contribution in [2.75, 3.05) is 0 Å². The average Bonchev–Trinajstić information content (AvgIpc) is 2.30. The van der Waals surface area contributed by atoms with Crippen LogP contribution >= 0.6 is 0 Å². The van der Waals surface area contributed by atoms with E-state index in [-0.39, 0.29) is 0 Å². The fourth-order valence-corrected chi connectivity index (χ4v) is 1.19. The number of aliphatic carboxylic acids is 1. The molecule has 0 atom stereocenters. The van der Waals surface area contributed by atoms with E-state index in [1.165, 1.54) is 0 Å². The van der Waals surface area contributed by atoms with Crippen molar-refractivity contribution < 1.29 is 9.90 Å². The maximum Gasteiger partial charge on any atom is 0.331 e. The molecule has 0 bridgehead atoms. The van der Waals surface area contributed by atoms with Crippen LogP contribution in [0, 0.1) is 13.8 Å². The lowest BCUT2D eigenvalue weighted by Gasteiger charge is -1.93. The zero-order valence-corrected chi connectivity index (χ0v) is 8.01. The molecule has 2 N–H and O–H groups in total. The molecule has 0 amide bonds. The molecule has 3 heteroatoms. The van der Waals surface area contributed by atoms with Crippen LogP contribution in [0.1, 0.15) is 23.9 Å². The Bertz CT molecular complexity index is 361. The molecule has 0 aliphatic rings. The highest BCUT2D eigenvalue weighted by atomic mass is 16.4. The highest BCUT2D eigenvalue weighted by molar-refractivity contribution is 5.91. The van der Waals surface area contributed by atoms with Gasteiger partial charge >= 0.3 is 5.97 Å². The molecule has 0 aliphatic carbocycles. The minimum absolute atomic E-state index is 0.349. The van der Waals surface area contributed by atoms with Gasteiger partial charge in [-0.3, -0.25) is 0 Å². The van der Waals surface area contributed by atoms with E-state index in [0.717, 1.165) is 17.0 Å². The van der Waals surface area contributed by atoms with Crippen molar-refractivity contribution in [1.29, 1.82) is 0 Å². The number of aromatic amines is 1. The standard InChI is InChI=1S/C10H13NO2/c1-6(10(12)13)4-9-5-7(2)11-8(9)3/h4-5,11H,1-3H3,(H,12,13)/b6-4-. The summed E-state index contributed by atoms with van der Waals surface area (Å²) in [6, 6.07) is 1.93. The molecule has 1 heterocycles. The van der Waals surface area contributed by atoms with Gasteiger partial charge in [-0.1, -0.05) is 0 Å². The molecule has 70 valence electrons. The second-order valence-electron chi connectivity index (χ2n) is 3.17. The van der Waals surface area contributed by atoms with E-state index in [1.54, 1.807) is 13.0 Å². The number of rotatable bonds is 2. The van der Waals surface area contributed by atoms with Gasteiger partial charge in [-0.05, 0) is 38.5 Å². The van der Waals surface area contributed by atoms with Gasteiger partial charge in [0.25, 0.3) is 0 Å². The lowest BCUT2D eigenvalue weighted by molar-refractivity contribution is -0.132. The van der Waals surface area contributed by atoms with Crippen LogP contribution in [-0.2, 0) is 4.79 Å². The summed E-state index contributed by atoms with van der Waals surface area (Å²) < 4.78 is 0. The maximum atomic E-state index is 10.5. The summed E-state index contributed by atoms with van der Waals surface area (Å²) in [4.78, 5) is 13.7. The first-order valence-corrected chi connectivity index (χ1v) is 4.08. The summed E-state index contributed by atoms with van der Waals surface area (Å²) in [5.74, 6) is -0.877. The first kappa shape index (κ1) is 9.58. The van der Waals surface area contributed by atoms with Crippen molar-refractivity contribution in [1.82, 2.24) is 4.98 Å². The topological polar surface area (TPSA) is 53.1 Å².